The zero-order chi connectivity index (χ0) is 21.9. The predicted molar refractivity (Wildman–Crippen MR) is 112 cm³/mol. The topological polar surface area (TPSA) is 86.6 Å². The van der Waals surface area contributed by atoms with E-state index in [-0.39, 0.29) is 16.1 Å². The van der Waals surface area contributed by atoms with Gasteiger partial charge in [-0.1, -0.05) is 36.4 Å². The molecule has 6 nitrogen and oxygen atoms in total. The van der Waals surface area contributed by atoms with E-state index in [9.17, 15) is 15.0 Å². The number of amides is 1. The molecule has 2 aromatic rings. The Morgan fingerprint density at radius 3 is 2.34 bits per heavy atom. The number of carboxylic acid groups (broad SMARTS) is 1. The molecule has 0 spiro atoms. The fourth-order valence-electron chi connectivity index (χ4n) is 3.26. The molecule has 0 saturated heterocycles. The highest BCUT2D eigenvalue weighted by Crippen LogP contribution is 2.38. The Hall–Kier alpha value is -1.90. The summed E-state index contributed by atoms with van der Waals surface area (Å²) in [4.78, 5) is 21.3. The van der Waals surface area contributed by atoms with Gasteiger partial charge in [-0.2, -0.15) is 0 Å². The number of halogens is 2. The normalized spacial score (nSPS) is 13.8. The first kappa shape index (κ1) is 23.4. The van der Waals surface area contributed by atoms with Crippen LogP contribution in [0.3, 0.4) is 0 Å². The lowest BCUT2D eigenvalue weighted by Gasteiger charge is -2.40. The average Bonchev–Trinajstić information content (AvgIpc) is 2.65. The van der Waals surface area contributed by atoms with Crippen LogP contribution in [-0.2, 0) is 0 Å². The van der Waals surface area contributed by atoms with E-state index in [1.165, 1.54) is 41.2 Å². The molecule has 0 bridgehead atoms. The van der Waals surface area contributed by atoms with Gasteiger partial charge < -0.3 is 10.2 Å². The molecule has 2 rings (SSSR count). The lowest BCUT2D eigenvalue weighted by Crippen LogP contribution is -2.47. The van der Waals surface area contributed by atoms with Crippen LogP contribution in [0.4, 0.5) is 9.18 Å². The Labute approximate surface area is 179 Å². The highest BCUT2D eigenvalue weighted by Gasteiger charge is 2.36. The van der Waals surface area contributed by atoms with Gasteiger partial charge in [-0.25, -0.2) is 19.2 Å². The molecule has 0 aliphatic carbocycles. The molecule has 0 fully saturated rings. The largest absolute Gasteiger partial charge is 0.465 e. The highest BCUT2D eigenvalue weighted by atomic mass is 35.5. The molecule has 9 heteroatoms. The number of aliphatic hydroxyl groups excluding tert-OH is 1. The predicted octanol–water partition coefficient (Wildman–Crippen LogP) is 5.30. The molecule has 29 heavy (non-hydrogen) atoms. The minimum absolute atomic E-state index is 0.0418. The van der Waals surface area contributed by atoms with E-state index in [1.54, 1.807) is 27.7 Å². The first-order chi connectivity index (χ1) is 13.5. The summed E-state index contributed by atoms with van der Waals surface area (Å²) in [6.45, 7) is 7.03. The number of carbonyl (C=O) groups is 1. The van der Waals surface area contributed by atoms with Crippen LogP contribution in [0.25, 0.3) is 0 Å². The Balaban J connectivity index is 2.57. The number of benzene rings is 1. The molecule has 2 atom stereocenters. The minimum atomic E-state index is -1.39. The van der Waals surface area contributed by atoms with Gasteiger partial charge in [0.15, 0.2) is 5.16 Å². The second-order valence-electron chi connectivity index (χ2n) is 7.52. The van der Waals surface area contributed by atoms with Gasteiger partial charge in [-0.3, -0.25) is 4.90 Å². The summed E-state index contributed by atoms with van der Waals surface area (Å²) in [7, 11) is 0. The highest BCUT2D eigenvalue weighted by molar-refractivity contribution is 7.98. The number of aromatic nitrogens is 2. The van der Waals surface area contributed by atoms with Gasteiger partial charge in [-0.05, 0) is 39.5 Å². The third-order valence-corrected chi connectivity index (χ3v) is 5.47. The third-order valence-electron chi connectivity index (χ3n) is 4.56. The molecule has 2 N–H and O–H groups in total. The van der Waals surface area contributed by atoms with Gasteiger partial charge in [-0.15, -0.1) is 0 Å². The molecule has 1 aromatic carbocycles. The maximum absolute atomic E-state index is 15.6. The Kier molecular flexibility index (Phi) is 7.48. The van der Waals surface area contributed by atoms with Crippen LogP contribution in [0.15, 0.2) is 29.7 Å². The van der Waals surface area contributed by atoms with Gasteiger partial charge >= 0.3 is 6.09 Å². The van der Waals surface area contributed by atoms with Crippen molar-refractivity contribution in [2.75, 3.05) is 6.26 Å². The fourth-order valence-corrected chi connectivity index (χ4v) is 3.83. The summed E-state index contributed by atoms with van der Waals surface area (Å²) >= 11 is 7.55. The molecular weight excluding hydrogens is 417 g/mol. The summed E-state index contributed by atoms with van der Waals surface area (Å²) in [6, 6.07) is 2.20. The van der Waals surface area contributed by atoms with Crippen molar-refractivity contribution in [3.8, 4) is 0 Å². The van der Waals surface area contributed by atoms with E-state index in [0.29, 0.717) is 17.1 Å². The van der Waals surface area contributed by atoms with Crippen molar-refractivity contribution in [1.82, 2.24) is 14.9 Å². The van der Waals surface area contributed by atoms with Gasteiger partial charge in [0.1, 0.15) is 11.9 Å². The van der Waals surface area contributed by atoms with E-state index < -0.39 is 29.6 Å². The van der Waals surface area contributed by atoms with E-state index >= 15 is 4.39 Å². The van der Waals surface area contributed by atoms with Gasteiger partial charge in [0, 0.05) is 39.6 Å². The van der Waals surface area contributed by atoms with Crippen molar-refractivity contribution in [3.63, 3.8) is 0 Å². The monoisotopic (exact) mass is 441 g/mol. The summed E-state index contributed by atoms with van der Waals surface area (Å²) < 4.78 is 15.6. The van der Waals surface area contributed by atoms with Crippen molar-refractivity contribution in [2.45, 2.75) is 57.0 Å². The van der Waals surface area contributed by atoms with E-state index in [2.05, 4.69) is 9.97 Å². The average molecular weight is 442 g/mol. The van der Waals surface area contributed by atoms with Crippen LogP contribution in [0.5, 0.6) is 0 Å². The Bertz CT molecular complexity index is 875. The first-order valence-corrected chi connectivity index (χ1v) is 10.7. The summed E-state index contributed by atoms with van der Waals surface area (Å²) in [6.07, 6.45) is 2.47. The molecular formula is C20H25ClFN3O3S. The van der Waals surface area contributed by atoms with Crippen LogP contribution in [0, 0.1) is 5.82 Å². The van der Waals surface area contributed by atoms with Crippen LogP contribution < -0.4 is 0 Å². The van der Waals surface area contributed by atoms with E-state index in [0.717, 1.165) is 0 Å². The lowest BCUT2D eigenvalue weighted by atomic mass is 9.93. The molecule has 1 aromatic heterocycles. The SMILES string of the molecule is CC[C@H](c1ccc(Cl)c(C(O)c2cnc(SC)nc2)c1F)N(C(=O)O)C(C)(C)C. The number of aliphatic hydroxyl groups is 1. The number of hydrogen-bond donors (Lipinski definition) is 2. The Morgan fingerprint density at radius 2 is 1.90 bits per heavy atom. The van der Waals surface area contributed by atoms with Crippen molar-refractivity contribution < 1.29 is 19.4 Å². The summed E-state index contributed by atoms with van der Waals surface area (Å²) in [5.74, 6) is -0.735. The molecule has 0 aliphatic rings. The van der Waals surface area contributed by atoms with Crippen LogP contribution in [0.1, 0.15) is 63.0 Å². The second-order valence-corrected chi connectivity index (χ2v) is 8.70. The smallest absolute Gasteiger partial charge is 0.408 e. The van der Waals surface area contributed by atoms with Gasteiger partial charge in [0.05, 0.1) is 6.04 Å². The lowest BCUT2D eigenvalue weighted by molar-refractivity contribution is 0.0670. The van der Waals surface area contributed by atoms with E-state index in [1.807, 2.05) is 6.26 Å². The van der Waals surface area contributed by atoms with Gasteiger partial charge in [0.25, 0.3) is 0 Å². The second kappa shape index (κ2) is 9.28. The van der Waals surface area contributed by atoms with E-state index in [4.69, 9.17) is 11.6 Å². The summed E-state index contributed by atoms with van der Waals surface area (Å²) in [5, 5.41) is 21.1. The zero-order valence-electron chi connectivity index (χ0n) is 17.0. The molecule has 1 heterocycles. The van der Waals surface area contributed by atoms with Crippen molar-refractivity contribution >= 4 is 29.5 Å². The molecule has 0 radical (unpaired) electrons. The quantitative estimate of drug-likeness (QED) is 0.467. The third kappa shape index (κ3) is 4.99. The molecule has 0 saturated carbocycles. The molecule has 0 aliphatic heterocycles. The summed E-state index contributed by atoms with van der Waals surface area (Å²) in [5.41, 5.74) is -0.425. The maximum atomic E-state index is 15.6. The fraction of sp³-hybridized carbons (Fsp3) is 0.450. The number of hydrogen-bond acceptors (Lipinski definition) is 5. The Morgan fingerprint density at radius 1 is 1.31 bits per heavy atom. The molecule has 158 valence electrons. The number of nitrogens with zero attached hydrogens (tertiary/aromatic N) is 3. The zero-order valence-corrected chi connectivity index (χ0v) is 18.6. The van der Waals surface area contributed by atoms with Crippen molar-refractivity contribution in [3.05, 3.63) is 52.1 Å². The van der Waals surface area contributed by atoms with Crippen molar-refractivity contribution in [2.24, 2.45) is 0 Å². The molecule has 1 unspecified atom stereocenters. The van der Waals surface area contributed by atoms with Crippen LogP contribution in [0.2, 0.25) is 5.02 Å². The van der Waals surface area contributed by atoms with Crippen LogP contribution in [-0.4, -0.2) is 43.0 Å². The maximum Gasteiger partial charge on any atom is 0.408 e. The number of thioether (sulfide) groups is 1. The van der Waals surface area contributed by atoms with Crippen LogP contribution >= 0.6 is 23.4 Å². The standard InChI is InChI=1S/C20H25ClFN3O3S/c1-6-14(25(19(27)28)20(2,3)4)12-7-8-13(21)15(16(12)22)17(26)11-9-23-18(29-5)24-10-11/h7-10,14,17,26H,6H2,1-5H3,(H,27,28)/t14-,17?/m1/s1. The molecule has 1 amide bonds. The van der Waals surface area contributed by atoms with Crippen molar-refractivity contribution in [1.29, 1.82) is 0 Å². The van der Waals surface area contributed by atoms with Gasteiger partial charge in [0.2, 0.25) is 0 Å². The first-order valence-electron chi connectivity index (χ1n) is 9.06. The minimum Gasteiger partial charge on any atom is -0.465 e. The number of rotatable bonds is 6.